The van der Waals surface area contributed by atoms with Crippen molar-refractivity contribution in [2.24, 2.45) is 0 Å². The second-order valence-electron chi connectivity index (χ2n) is 8.90. The molecule has 1 amide bonds. The molecule has 2 heterocycles. The lowest BCUT2D eigenvalue weighted by Crippen LogP contribution is -2.25. The van der Waals surface area contributed by atoms with Crippen molar-refractivity contribution in [1.29, 1.82) is 0 Å². The number of nitrogens with zero attached hydrogens (tertiary/aromatic N) is 3. The molecule has 1 aliphatic heterocycles. The Morgan fingerprint density at radius 2 is 1.73 bits per heavy atom. The molecule has 3 aromatic carbocycles. The Bertz CT molecular complexity index is 1320. The summed E-state index contributed by atoms with van der Waals surface area (Å²) in [5.41, 5.74) is 6.63. The number of para-hydroxylation sites is 3. The van der Waals surface area contributed by atoms with Crippen LogP contribution in [0.4, 0.5) is 5.69 Å². The standard InChI is InChI=1S/C28H29N3O2/c1-19-12-13-23(16-21(19)3)33-15-14-30-26-11-7-5-9-24(26)29-28(30)22-17-27(32)31(18-22)25-10-6-4-8-20(25)2/h4-13,16,22H,14-15,17-18H2,1-3H3/t22-/m0/s1. The zero-order valence-corrected chi connectivity index (χ0v) is 19.4. The van der Waals surface area contributed by atoms with Gasteiger partial charge in [-0.1, -0.05) is 36.4 Å². The lowest BCUT2D eigenvalue weighted by atomic mass is 10.1. The van der Waals surface area contributed by atoms with Gasteiger partial charge in [-0.2, -0.15) is 0 Å². The van der Waals surface area contributed by atoms with Crippen LogP contribution in [0.2, 0.25) is 0 Å². The molecule has 0 N–H and O–H groups in total. The van der Waals surface area contributed by atoms with Crippen LogP contribution in [0.5, 0.6) is 5.75 Å². The highest BCUT2D eigenvalue weighted by Gasteiger charge is 2.35. The van der Waals surface area contributed by atoms with Gasteiger partial charge in [0.2, 0.25) is 5.91 Å². The molecule has 1 aliphatic rings. The highest BCUT2D eigenvalue weighted by molar-refractivity contribution is 5.97. The molecular formula is C28H29N3O2. The fourth-order valence-corrected chi connectivity index (χ4v) is 4.68. The van der Waals surface area contributed by atoms with Gasteiger partial charge in [-0.3, -0.25) is 4.79 Å². The molecule has 5 nitrogen and oxygen atoms in total. The molecule has 1 aromatic heterocycles. The maximum atomic E-state index is 13.0. The first-order valence-corrected chi connectivity index (χ1v) is 11.5. The van der Waals surface area contributed by atoms with Gasteiger partial charge < -0.3 is 14.2 Å². The number of carbonyl (C=O) groups excluding carboxylic acids is 1. The quantitative estimate of drug-likeness (QED) is 0.395. The van der Waals surface area contributed by atoms with Crippen LogP contribution < -0.4 is 9.64 Å². The van der Waals surface area contributed by atoms with E-state index in [-0.39, 0.29) is 11.8 Å². The fourth-order valence-electron chi connectivity index (χ4n) is 4.68. The number of benzene rings is 3. The fraction of sp³-hybridized carbons (Fsp3) is 0.286. The number of carbonyl (C=O) groups is 1. The van der Waals surface area contributed by atoms with E-state index in [4.69, 9.17) is 9.72 Å². The van der Waals surface area contributed by atoms with E-state index >= 15 is 0 Å². The van der Waals surface area contributed by atoms with Gasteiger partial charge in [0, 0.05) is 24.6 Å². The zero-order chi connectivity index (χ0) is 22.9. The minimum atomic E-state index is 0.0473. The first-order valence-electron chi connectivity index (χ1n) is 11.5. The van der Waals surface area contributed by atoms with Crippen molar-refractivity contribution in [1.82, 2.24) is 9.55 Å². The van der Waals surface area contributed by atoms with Crippen molar-refractivity contribution < 1.29 is 9.53 Å². The molecule has 5 heteroatoms. The molecule has 0 spiro atoms. The molecule has 33 heavy (non-hydrogen) atoms. The molecule has 168 valence electrons. The van der Waals surface area contributed by atoms with Crippen molar-refractivity contribution in [2.75, 3.05) is 18.1 Å². The number of hydrogen-bond acceptors (Lipinski definition) is 3. The van der Waals surface area contributed by atoms with E-state index in [1.54, 1.807) is 0 Å². The number of aryl methyl sites for hydroxylation is 3. The Labute approximate surface area is 194 Å². The van der Waals surface area contributed by atoms with E-state index < -0.39 is 0 Å². The lowest BCUT2D eigenvalue weighted by Gasteiger charge is -2.19. The van der Waals surface area contributed by atoms with Gasteiger partial charge in [-0.05, 0) is 67.8 Å². The Morgan fingerprint density at radius 3 is 2.55 bits per heavy atom. The molecule has 1 atom stereocenters. The van der Waals surface area contributed by atoms with Gasteiger partial charge in [-0.25, -0.2) is 4.98 Å². The maximum Gasteiger partial charge on any atom is 0.227 e. The van der Waals surface area contributed by atoms with E-state index in [0.717, 1.165) is 33.9 Å². The van der Waals surface area contributed by atoms with Gasteiger partial charge in [-0.15, -0.1) is 0 Å². The van der Waals surface area contributed by atoms with Gasteiger partial charge in [0.25, 0.3) is 0 Å². The summed E-state index contributed by atoms with van der Waals surface area (Å²) in [6, 6.07) is 22.4. The molecule has 4 aromatic rings. The molecular weight excluding hydrogens is 410 g/mol. The van der Waals surface area contributed by atoms with Crippen LogP contribution in [0, 0.1) is 20.8 Å². The number of anilines is 1. The van der Waals surface area contributed by atoms with Crippen molar-refractivity contribution in [3.63, 3.8) is 0 Å². The molecule has 0 radical (unpaired) electrons. The zero-order valence-electron chi connectivity index (χ0n) is 19.4. The van der Waals surface area contributed by atoms with Crippen LogP contribution in [0.1, 0.15) is 34.9 Å². The van der Waals surface area contributed by atoms with E-state index in [1.807, 2.05) is 47.4 Å². The summed E-state index contributed by atoms with van der Waals surface area (Å²) in [7, 11) is 0. The number of aromatic nitrogens is 2. The monoisotopic (exact) mass is 439 g/mol. The lowest BCUT2D eigenvalue weighted by molar-refractivity contribution is -0.117. The molecule has 5 rings (SSSR count). The molecule has 1 saturated heterocycles. The topological polar surface area (TPSA) is 47.4 Å². The predicted molar refractivity (Wildman–Crippen MR) is 132 cm³/mol. The van der Waals surface area contributed by atoms with Crippen molar-refractivity contribution >= 4 is 22.6 Å². The Balaban J connectivity index is 1.40. The third-order valence-electron chi connectivity index (χ3n) is 6.64. The number of imidazole rings is 1. The van der Waals surface area contributed by atoms with E-state index in [1.165, 1.54) is 11.1 Å². The van der Waals surface area contributed by atoms with Crippen molar-refractivity contribution in [3.8, 4) is 5.75 Å². The van der Waals surface area contributed by atoms with Crippen molar-refractivity contribution in [2.45, 2.75) is 39.7 Å². The number of ether oxygens (including phenoxy) is 1. The van der Waals surface area contributed by atoms with Crippen LogP contribution >= 0.6 is 0 Å². The third-order valence-corrected chi connectivity index (χ3v) is 6.64. The van der Waals surface area contributed by atoms with Gasteiger partial charge in [0.15, 0.2) is 0 Å². The van der Waals surface area contributed by atoms with E-state index in [9.17, 15) is 4.79 Å². The summed E-state index contributed by atoms with van der Waals surface area (Å²) in [4.78, 5) is 19.8. The number of hydrogen-bond donors (Lipinski definition) is 0. The predicted octanol–water partition coefficient (Wildman–Crippen LogP) is 5.56. The van der Waals surface area contributed by atoms with Crippen LogP contribution in [0.25, 0.3) is 11.0 Å². The van der Waals surface area contributed by atoms with E-state index in [0.29, 0.717) is 26.1 Å². The minimum absolute atomic E-state index is 0.0473. The first-order chi connectivity index (χ1) is 16.0. The summed E-state index contributed by atoms with van der Waals surface area (Å²) in [6.07, 6.45) is 0.468. The summed E-state index contributed by atoms with van der Waals surface area (Å²) in [5, 5.41) is 0. The molecule has 0 unspecified atom stereocenters. The minimum Gasteiger partial charge on any atom is -0.492 e. The number of amides is 1. The van der Waals surface area contributed by atoms with Gasteiger partial charge >= 0.3 is 0 Å². The first kappa shape index (κ1) is 21.3. The van der Waals surface area contributed by atoms with Crippen LogP contribution in [-0.4, -0.2) is 28.6 Å². The number of rotatable bonds is 6. The smallest absolute Gasteiger partial charge is 0.227 e. The number of fused-ring (bicyclic) bond motifs is 1. The second kappa shape index (κ2) is 8.74. The average Bonchev–Trinajstić information content (AvgIpc) is 3.37. The molecule has 1 fully saturated rings. The second-order valence-corrected chi connectivity index (χ2v) is 8.90. The SMILES string of the molecule is Cc1ccc(OCCn2c([C@H]3CC(=O)N(c4ccccc4C)C3)nc3ccccc32)cc1C. The van der Waals surface area contributed by atoms with Crippen LogP contribution in [-0.2, 0) is 11.3 Å². The Morgan fingerprint density at radius 1 is 0.939 bits per heavy atom. The Kier molecular flexibility index (Phi) is 5.63. The van der Waals surface area contributed by atoms with Crippen LogP contribution in [0.3, 0.4) is 0 Å². The van der Waals surface area contributed by atoms with Gasteiger partial charge in [0.1, 0.15) is 18.2 Å². The molecule has 0 bridgehead atoms. The van der Waals surface area contributed by atoms with E-state index in [2.05, 4.69) is 49.6 Å². The largest absolute Gasteiger partial charge is 0.492 e. The Hall–Kier alpha value is -3.60. The molecule has 0 aliphatic carbocycles. The van der Waals surface area contributed by atoms with Gasteiger partial charge in [0.05, 0.1) is 17.6 Å². The highest BCUT2D eigenvalue weighted by atomic mass is 16.5. The molecule has 0 saturated carbocycles. The van der Waals surface area contributed by atoms with Crippen LogP contribution in [0.15, 0.2) is 66.7 Å². The normalized spacial score (nSPS) is 16.0. The summed E-state index contributed by atoms with van der Waals surface area (Å²) in [6.45, 7) is 8.11. The average molecular weight is 440 g/mol. The van der Waals surface area contributed by atoms with Crippen molar-refractivity contribution in [3.05, 3.63) is 89.2 Å². The maximum absolute atomic E-state index is 13.0. The summed E-state index contributed by atoms with van der Waals surface area (Å²) >= 11 is 0. The summed E-state index contributed by atoms with van der Waals surface area (Å²) < 4.78 is 8.31. The summed E-state index contributed by atoms with van der Waals surface area (Å²) in [5.74, 6) is 2.04. The highest BCUT2D eigenvalue weighted by Crippen LogP contribution is 2.34. The third kappa shape index (κ3) is 4.11.